The monoisotopic (exact) mass is 438 g/mol. The summed E-state index contributed by atoms with van der Waals surface area (Å²) in [6, 6.07) is 14.0. The maximum Gasteiger partial charge on any atom is 0.236 e. The molecule has 1 aromatic heterocycles. The Balaban J connectivity index is 1.77. The fraction of sp³-hybridized carbons (Fsp3) is 0.360. The van der Waals surface area contributed by atoms with Crippen molar-refractivity contribution in [1.82, 2.24) is 4.98 Å². The number of methoxy groups -OCH3 is 1. The summed E-state index contributed by atoms with van der Waals surface area (Å²) in [7, 11) is 1.64. The van der Waals surface area contributed by atoms with Crippen molar-refractivity contribution >= 4 is 28.1 Å². The van der Waals surface area contributed by atoms with Crippen LogP contribution in [0.5, 0.6) is 5.75 Å². The Kier molecular flexibility index (Phi) is 6.66. The Bertz CT molecular complexity index is 1040. The van der Waals surface area contributed by atoms with Gasteiger partial charge in [0.15, 0.2) is 5.13 Å². The van der Waals surface area contributed by atoms with Crippen molar-refractivity contribution in [2.45, 2.75) is 45.4 Å². The van der Waals surface area contributed by atoms with E-state index in [1.807, 2.05) is 24.3 Å². The van der Waals surface area contributed by atoms with Crippen LogP contribution in [-0.2, 0) is 11.2 Å². The molecule has 4 nitrogen and oxygen atoms in total. The number of halogens is 1. The molecule has 31 heavy (non-hydrogen) atoms. The lowest BCUT2D eigenvalue weighted by atomic mass is 9.88. The van der Waals surface area contributed by atoms with Gasteiger partial charge in [0.1, 0.15) is 11.6 Å². The number of hydrogen-bond acceptors (Lipinski definition) is 4. The molecule has 0 radical (unpaired) electrons. The summed E-state index contributed by atoms with van der Waals surface area (Å²) in [6.45, 7) is 2.08. The smallest absolute Gasteiger partial charge is 0.236 e. The van der Waals surface area contributed by atoms with E-state index in [1.165, 1.54) is 29.9 Å². The second kappa shape index (κ2) is 9.60. The average Bonchev–Trinajstić information content (AvgIpc) is 3.24. The minimum absolute atomic E-state index is 0.0167. The molecule has 0 bridgehead atoms. The molecule has 1 heterocycles. The molecular weight excluding hydrogens is 411 g/mol. The van der Waals surface area contributed by atoms with Crippen LogP contribution in [0.1, 0.15) is 43.9 Å². The van der Waals surface area contributed by atoms with Gasteiger partial charge in [0.05, 0.1) is 18.5 Å². The Morgan fingerprint density at radius 3 is 2.55 bits per heavy atom. The van der Waals surface area contributed by atoms with Gasteiger partial charge in [0.2, 0.25) is 5.91 Å². The number of hydrogen-bond donors (Lipinski definition) is 0. The molecule has 162 valence electrons. The van der Waals surface area contributed by atoms with Crippen LogP contribution in [0.25, 0.3) is 11.3 Å². The second-order valence-corrected chi connectivity index (χ2v) is 8.90. The lowest BCUT2D eigenvalue weighted by Crippen LogP contribution is -2.33. The second-order valence-electron chi connectivity index (χ2n) is 7.84. The SMILES string of the molecule is CCc1sc(N(C(=O)C2CCCCC2)c2cccc(F)c2)nc1-c1ccc(OC)cc1. The summed E-state index contributed by atoms with van der Waals surface area (Å²) in [6.07, 6.45) is 5.84. The molecule has 1 fully saturated rings. The van der Waals surface area contributed by atoms with E-state index >= 15 is 0 Å². The van der Waals surface area contributed by atoms with Gasteiger partial charge in [-0.25, -0.2) is 9.37 Å². The first-order chi connectivity index (χ1) is 15.1. The van der Waals surface area contributed by atoms with Crippen LogP contribution in [0.3, 0.4) is 0 Å². The lowest BCUT2D eigenvalue weighted by Gasteiger charge is -2.27. The molecule has 1 amide bonds. The van der Waals surface area contributed by atoms with Crippen LogP contribution < -0.4 is 9.64 Å². The molecule has 0 N–H and O–H groups in total. The quantitative estimate of drug-likeness (QED) is 0.427. The van der Waals surface area contributed by atoms with Crippen LogP contribution in [0.4, 0.5) is 15.2 Å². The molecule has 0 spiro atoms. The predicted molar refractivity (Wildman–Crippen MR) is 124 cm³/mol. The minimum Gasteiger partial charge on any atom is -0.497 e. The highest BCUT2D eigenvalue weighted by molar-refractivity contribution is 7.16. The van der Waals surface area contributed by atoms with E-state index in [-0.39, 0.29) is 17.6 Å². The molecule has 4 rings (SSSR count). The number of carbonyl (C=O) groups excluding carboxylic acids is 1. The number of nitrogens with zero attached hydrogens (tertiary/aromatic N) is 2. The number of thiazole rings is 1. The Hall–Kier alpha value is -2.73. The predicted octanol–water partition coefficient (Wildman–Crippen LogP) is 6.77. The van der Waals surface area contributed by atoms with Gasteiger partial charge < -0.3 is 4.74 Å². The maximum atomic E-state index is 14.1. The number of amides is 1. The molecule has 0 saturated heterocycles. The third-order valence-electron chi connectivity index (χ3n) is 5.80. The molecular formula is C25H27FN2O2S. The van der Waals surface area contributed by atoms with Crippen molar-refractivity contribution in [1.29, 1.82) is 0 Å². The van der Waals surface area contributed by atoms with E-state index in [0.29, 0.717) is 10.8 Å². The van der Waals surface area contributed by atoms with Crippen molar-refractivity contribution < 1.29 is 13.9 Å². The highest BCUT2D eigenvalue weighted by atomic mass is 32.1. The molecule has 2 aromatic carbocycles. The van der Waals surface area contributed by atoms with Crippen LogP contribution in [0.2, 0.25) is 0 Å². The van der Waals surface area contributed by atoms with Crippen molar-refractivity contribution in [3.63, 3.8) is 0 Å². The van der Waals surface area contributed by atoms with Gasteiger partial charge in [0.25, 0.3) is 0 Å². The van der Waals surface area contributed by atoms with E-state index in [1.54, 1.807) is 24.1 Å². The van der Waals surface area contributed by atoms with Gasteiger partial charge in [-0.3, -0.25) is 9.69 Å². The van der Waals surface area contributed by atoms with Crippen LogP contribution in [-0.4, -0.2) is 18.0 Å². The first-order valence-corrected chi connectivity index (χ1v) is 11.7. The molecule has 0 unspecified atom stereocenters. The van der Waals surface area contributed by atoms with E-state index in [0.717, 1.165) is 54.0 Å². The zero-order valence-corrected chi connectivity index (χ0v) is 18.8. The zero-order chi connectivity index (χ0) is 21.8. The van der Waals surface area contributed by atoms with Crippen molar-refractivity contribution in [2.24, 2.45) is 5.92 Å². The highest BCUT2D eigenvalue weighted by Gasteiger charge is 2.31. The number of benzene rings is 2. The molecule has 1 saturated carbocycles. The summed E-state index contributed by atoms with van der Waals surface area (Å²) < 4.78 is 19.3. The Labute approximate surface area is 186 Å². The third kappa shape index (κ3) is 4.64. The zero-order valence-electron chi connectivity index (χ0n) is 17.9. The van der Waals surface area contributed by atoms with Crippen molar-refractivity contribution in [2.75, 3.05) is 12.0 Å². The summed E-state index contributed by atoms with van der Waals surface area (Å²) >= 11 is 1.51. The molecule has 3 aromatic rings. The fourth-order valence-electron chi connectivity index (χ4n) is 4.13. The van der Waals surface area contributed by atoms with E-state index in [4.69, 9.17) is 9.72 Å². The summed E-state index contributed by atoms with van der Waals surface area (Å²) in [5, 5.41) is 0.601. The number of rotatable bonds is 6. The average molecular weight is 439 g/mol. The Morgan fingerprint density at radius 2 is 1.90 bits per heavy atom. The maximum absolute atomic E-state index is 14.1. The standard InChI is InChI=1S/C25H27FN2O2S/c1-3-22-23(17-12-14-21(30-2)15-13-17)27-25(31-22)28(20-11-7-10-19(26)16-20)24(29)18-8-5-4-6-9-18/h7,10-16,18H,3-6,8-9H2,1-2H3. The summed E-state index contributed by atoms with van der Waals surface area (Å²) in [4.78, 5) is 21.2. The third-order valence-corrected chi connectivity index (χ3v) is 6.99. The van der Waals surface area contributed by atoms with Crippen LogP contribution >= 0.6 is 11.3 Å². The molecule has 6 heteroatoms. The van der Waals surface area contributed by atoms with E-state index in [9.17, 15) is 9.18 Å². The van der Waals surface area contributed by atoms with Gasteiger partial charge in [-0.05, 0) is 61.7 Å². The molecule has 1 aliphatic carbocycles. The van der Waals surface area contributed by atoms with Crippen molar-refractivity contribution in [3.8, 4) is 17.0 Å². The van der Waals surface area contributed by atoms with Crippen molar-refractivity contribution in [3.05, 3.63) is 59.2 Å². The number of aromatic nitrogens is 1. The number of aryl methyl sites for hydroxylation is 1. The first-order valence-electron chi connectivity index (χ1n) is 10.8. The summed E-state index contributed by atoms with van der Waals surface area (Å²) in [5.41, 5.74) is 2.38. The number of carbonyl (C=O) groups is 1. The lowest BCUT2D eigenvalue weighted by molar-refractivity contribution is -0.122. The molecule has 0 atom stereocenters. The van der Waals surface area contributed by atoms with Gasteiger partial charge in [-0.15, -0.1) is 11.3 Å². The van der Waals surface area contributed by atoms with Gasteiger partial charge in [-0.1, -0.05) is 32.3 Å². The van der Waals surface area contributed by atoms with Crippen LogP contribution in [0, 0.1) is 11.7 Å². The van der Waals surface area contributed by atoms with Gasteiger partial charge >= 0.3 is 0 Å². The molecule has 0 aliphatic heterocycles. The van der Waals surface area contributed by atoms with Crippen LogP contribution in [0.15, 0.2) is 48.5 Å². The fourth-order valence-corrected chi connectivity index (χ4v) is 5.18. The topological polar surface area (TPSA) is 42.4 Å². The minimum atomic E-state index is -0.360. The normalized spacial score (nSPS) is 14.4. The number of ether oxygens (including phenoxy) is 1. The van der Waals surface area contributed by atoms with Gasteiger partial charge in [0, 0.05) is 16.4 Å². The molecule has 1 aliphatic rings. The highest BCUT2D eigenvalue weighted by Crippen LogP contribution is 2.39. The largest absolute Gasteiger partial charge is 0.497 e. The Morgan fingerprint density at radius 1 is 1.16 bits per heavy atom. The first kappa shape index (κ1) is 21.5. The summed E-state index contributed by atoms with van der Waals surface area (Å²) in [5.74, 6) is 0.395. The number of anilines is 2. The van der Waals surface area contributed by atoms with E-state index < -0.39 is 0 Å². The van der Waals surface area contributed by atoms with E-state index in [2.05, 4.69) is 6.92 Å². The van der Waals surface area contributed by atoms with Gasteiger partial charge in [-0.2, -0.15) is 0 Å².